The zero-order valence-electron chi connectivity index (χ0n) is 17.3. The van der Waals surface area contributed by atoms with E-state index in [1.165, 1.54) is 11.1 Å². The van der Waals surface area contributed by atoms with Crippen LogP contribution in [0.4, 0.5) is 17.3 Å². The lowest BCUT2D eigenvalue weighted by Crippen LogP contribution is -2.36. The summed E-state index contributed by atoms with van der Waals surface area (Å²) in [4.78, 5) is 24.1. The lowest BCUT2D eigenvalue weighted by molar-refractivity contribution is 0.0976. The third-order valence-electron chi connectivity index (χ3n) is 5.33. The summed E-state index contributed by atoms with van der Waals surface area (Å²) < 4.78 is 0. The van der Waals surface area contributed by atoms with E-state index < -0.39 is 0 Å². The number of hydrogen-bond acceptors (Lipinski definition) is 4. The number of fused-ring (bicyclic) bond motifs is 1. The van der Waals surface area contributed by atoms with Crippen molar-refractivity contribution in [1.29, 1.82) is 0 Å². The maximum Gasteiger partial charge on any atom is 0.277 e. The fourth-order valence-electron chi connectivity index (χ4n) is 3.81. The Kier molecular flexibility index (Phi) is 5.05. The van der Waals surface area contributed by atoms with Gasteiger partial charge in [-0.15, -0.1) is 0 Å². The maximum absolute atomic E-state index is 13.3. The van der Waals surface area contributed by atoms with Gasteiger partial charge in [-0.3, -0.25) is 4.79 Å². The summed E-state index contributed by atoms with van der Waals surface area (Å²) in [5, 5.41) is 3.23. The third kappa shape index (κ3) is 3.86. The van der Waals surface area contributed by atoms with Gasteiger partial charge >= 0.3 is 0 Å². The average Bonchev–Trinajstić information content (AvgIpc) is 3.03. The SMILES string of the molecule is Cc1cc(C(=O)N2c3ccccc3CC2C)nc(Nc2ccc(C(C)C)cc2)n1. The number of nitrogens with zero attached hydrogens (tertiary/aromatic N) is 3. The van der Waals surface area contributed by atoms with Gasteiger partial charge in [-0.2, -0.15) is 0 Å². The molecule has 0 spiro atoms. The van der Waals surface area contributed by atoms with Gasteiger partial charge < -0.3 is 10.2 Å². The summed E-state index contributed by atoms with van der Waals surface area (Å²) in [5.74, 6) is 0.825. The van der Waals surface area contributed by atoms with Crippen molar-refractivity contribution in [3.8, 4) is 0 Å². The Balaban J connectivity index is 1.61. The van der Waals surface area contributed by atoms with Crippen molar-refractivity contribution >= 4 is 23.2 Å². The van der Waals surface area contributed by atoms with Crippen molar-refractivity contribution < 1.29 is 4.79 Å². The van der Waals surface area contributed by atoms with Gasteiger partial charge in [-0.05, 0) is 61.6 Å². The van der Waals surface area contributed by atoms with Gasteiger partial charge in [0.25, 0.3) is 5.91 Å². The van der Waals surface area contributed by atoms with Crippen LogP contribution in [0.2, 0.25) is 0 Å². The highest BCUT2D eigenvalue weighted by Crippen LogP contribution is 2.33. The number of aryl methyl sites for hydroxylation is 1. The molecule has 0 saturated heterocycles. The van der Waals surface area contributed by atoms with Gasteiger partial charge in [0.1, 0.15) is 5.69 Å². The Morgan fingerprint density at radius 1 is 1.10 bits per heavy atom. The molecular formula is C24H26N4O. The molecule has 0 bridgehead atoms. The molecule has 1 aliphatic heterocycles. The number of anilines is 3. The third-order valence-corrected chi connectivity index (χ3v) is 5.33. The molecule has 2 heterocycles. The molecule has 1 N–H and O–H groups in total. The van der Waals surface area contributed by atoms with Gasteiger partial charge in [0.15, 0.2) is 0 Å². The first-order valence-electron chi connectivity index (χ1n) is 10.1. The second kappa shape index (κ2) is 7.66. The molecule has 148 valence electrons. The van der Waals surface area contributed by atoms with E-state index in [1.807, 2.05) is 42.2 Å². The molecule has 0 saturated carbocycles. The number of aromatic nitrogens is 2. The van der Waals surface area contributed by atoms with Crippen LogP contribution in [0.15, 0.2) is 54.6 Å². The van der Waals surface area contributed by atoms with E-state index in [4.69, 9.17) is 0 Å². The van der Waals surface area contributed by atoms with E-state index in [9.17, 15) is 4.79 Å². The lowest BCUT2D eigenvalue weighted by Gasteiger charge is -2.22. The molecule has 0 radical (unpaired) electrons. The van der Waals surface area contributed by atoms with Crippen LogP contribution in [0.25, 0.3) is 0 Å². The molecule has 1 aliphatic rings. The Hall–Kier alpha value is -3.21. The van der Waals surface area contributed by atoms with Crippen molar-refractivity contribution in [2.24, 2.45) is 0 Å². The van der Waals surface area contributed by atoms with E-state index in [-0.39, 0.29) is 11.9 Å². The van der Waals surface area contributed by atoms with Crippen LogP contribution in [0.5, 0.6) is 0 Å². The average molecular weight is 386 g/mol. The number of amides is 1. The summed E-state index contributed by atoms with van der Waals surface area (Å²) in [6.07, 6.45) is 0.860. The molecule has 0 aliphatic carbocycles. The zero-order valence-corrected chi connectivity index (χ0v) is 17.3. The number of hydrogen-bond donors (Lipinski definition) is 1. The number of carbonyl (C=O) groups excluding carboxylic acids is 1. The summed E-state index contributed by atoms with van der Waals surface area (Å²) in [6, 6.07) is 18.1. The van der Waals surface area contributed by atoms with Crippen LogP contribution in [-0.4, -0.2) is 21.9 Å². The Labute approximate surface area is 171 Å². The van der Waals surface area contributed by atoms with Crippen molar-refractivity contribution in [2.45, 2.75) is 46.1 Å². The van der Waals surface area contributed by atoms with Crippen LogP contribution in [0, 0.1) is 6.92 Å². The fraction of sp³-hybridized carbons (Fsp3) is 0.292. The van der Waals surface area contributed by atoms with Gasteiger partial charge in [-0.25, -0.2) is 9.97 Å². The molecule has 5 nitrogen and oxygen atoms in total. The molecule has 0 fully saturated rings. The highest BCUT2D eigenvalue weighted by atomic mass is 16.2. The highest BCUT2D eigenvalue weighted by Gasteiger charge is 2.32. The summed E-state index contributed by atoms with van der Waals surface area (Å²) in [7, 11) is 0. The van der Waals surface area contributed by atoms with Crippen LogP contribution >= 0.6 is 0 Å². The van der Waals surface area contributed by atoms with E-state index >= 15 is 0 Å². The predicted molar refractivity (Wildman–Crippen MR) is 117 cm³/mol. The number of benzene rings is 2. The summed E-state index contributed by atoms with van der Waals surface area (Å²) in [5.41, 5.74) is 5.51. The van der Waals surface area contributed by atoms with Crippen LogP contribution in [0.1, 0.15) is 54.0 Å². The summed E-state index contributed by atoms with van der Waals surface area (Å²) >= 11 is 0. The molecule has 2 aromatic carbocycles. The number of para-hydroxylation sites is 1. The minimum absolute atomic E-state index is 0.0915. The zero-order chi connectivity index (χ0) is 20.5. The fourth-order valence-corrected chi connectivity index (χ4v) is 3.81. The monoisotopic (exact) mass is 386 g/mol. The van der Waals surface area contributed by atoms with E-state index in [2.05, 4.69) is 54.3 Å². The van der Waals surface area contributed by atoms with Crippen molar-refractivity contribution in [2.75, 3.05) is 10.2 Å². The number of rotatable bonds is 4. The first-order valence-corrected chi connectivity index (χ1v) is 10.1. The normalized spacial score (nSPS) is 15.5. The molecule has 1 aromatic heterocycles. The topological polar surface area (TPSA) is 58.1 Å². The molecule has 5 heteroatoms. The molecule has 3 aromatic rings. The lowest BCUT2D eigenvalue weighted by atomic mass is 10.0. The minimum atomic E-state index is -0.0915. The summed E-state index contributed by atoms with van der Waals surface area (Å²) in [6.45, 7) is 8.29. The van der Waals surface area contributed by atoms with Crippen molar-refractivity contribution in [3.63, 3.8) is 0 Å². The van der Waals surface area contributed by atoms with Gasteiger partial charge in [0.05, 0.1) is 0 Å². The standard InChI is InChI=1S/C24H26N4O/c1-15(2)18-9-11-20(12-10-18)26-24-25-16(3)13-21(27-24)23(29)28-17(4)14-19-7-5-6-8-22(19)28/h5-13,15,17H,14H2,1-4H3,(H,25,26,27). The first-order chi connectivity index (χ1) is 13.9. The minimum Gasteiger partial charge on any atom is -0.324 e. The Morgan fingerprint density at radius 2 is 1.83 bits per heavy atom. The Morgan fingerprint density at radius 3 is 2.55 bits per heavy atom. The highest BCUT2D eigenvalue weighted by molar-refractivity contribution is 6.06. The second-order valence-corrected chi connectivity index (χ2v) is 7.98. The molecule has 1 unspecified atom stereocenters. The van der Waals surface area contributed by atoms with E-state index in [1.54, 1.807) is 6.07 Å². The smallest absolute Gasteiger partial charge is 0.277 e. The largest absolute Gasteiger partial charge is 0.324 e. The Bertz CT molecular complexity index is 1040. The van der Waals surface area contributed by atoms with E-state index in [0.29, 0.717) is 17.6 Å². The molecule has 1 atom stereocenters. The quantitative estimate of drug-likeness (QED) is 0.666. The number of nitrogens with one attached hydrogen (secondary N) is 1. The van der Waals surface area contributed by atoms with Gasteiger partial charge in [0, 0.05) is 23.1 Å². The van der Waals surface area contributed by atoms with Crippen molar-refractivity contribution in [3.05, 3.63) is 77.1 Å². The molecular weight excluding hydrogens is 360 g/mol. The van der Waals surface area contributed by atoms with Gasteiger partial charge in [0.2, 0.25) is 5.95 Å². The maximum atomic E-state index is 13.3. The second-order valence-electron chi connectivity index (χ2n) is 7.98. The van der Waals surface area contributed by atoms with Crippen LogP contribution < -0.4 is 10.2 Å². The van der Waals surface area contributed by atoms with Crippen LogP contribution in [0.3, 0.4) is 0 Å². The number of carbonyl (C=O) groups is 1. The predicted octanol–water partition coefficient (Wildman–Crippen LogP) is 5.24. The molecule has 29 heavy (non-hydrogen) atoms. The van der Waals surface area contributed by atoms with Crippen LogP contribution in [-0.2, 0) is 6.42 Å². The van der Waals surface area contributed by atoms with Crippen molar-refractivity contribution in [1.82, 2.24) is 9.97 Å². The molecule has 4 rings (SSSR count). The first kappa shape index (κ1) is 19.1. The van der Waals surface area contributed by atoms with Gasteiger partial charge in [-0.1, -0.05) is 44.2 Å². The molecule has 1 amide bonds. The van der Waals surface area contributed by atoms with E-state index in [0.717, 1.165) is 23.5 Å².